The van der Waals surface area contributed by atoms with E-state index in [1.54, 1.807) is 44.2 Å². The minimum atomic E-state index is -4.21. The number of nitrogens with zero attached hydrogens (tertiary/aromatic N) is 5. The van der Waals surface area contributed by atoms with Gasteiger partial charge in [-0.2, -0.15) is 10.3 Å². The Bertz CT molecular complexity index is 1360. The van der Waals surface area contributed by atoms with Crippen molar-refractivity contribution in [1.82, 2.24) is 24.6 Å². The SMILES string of the molecule is CC(C)OC(=O)[C@H](C)N[P@](=O)(OC[C@H]1O[C@@H](n2cnc3c(N)ncnc32)[C@H](C#N)[C@@H]1O)Oc1ccccc1. The van der Waals surface area contributed by atoms with Crippen LogP contribution < -0.4 is 15.3 Å². The smallest absolute Gasteiger partial charge is 0.459 e. The fourth-order valence-electron chi connectivity index (χ4n) is 3.82. The molecule has 4 N–H and O–H groups in total. The molecular formula is C23H28N7O7P. The molecule has 6 atom stereocenters. The van der Waals surface area contributed by atoms with Crippen LogP contribution >= 0.6 is 7.75 Å². The molecule has 1 fully saturated rings. The predicted molar refractivity (Wildman–Crippen MR) is 133 cm³/mol. The van der Waals surface area contributed by atoms with E-state index in [1.807, 2.05) is 6.07 Å². The van der Waals surface area contributed by atoms with Gasteiger partial charge in [-0.25, -0.2) is 19.5 Å². The molecule has 14 nitrogen and oxygen atoms in total. The molecule has 3 heterocycles. The Morgan fingerprint density at radius 2 is 2.03 bits per heavy atom. The number of fused-ring (bicyclic) bond motifs is 1. The Labute approximate surface area is 218 Å². The average molecular weight is 545 g/mol. The third-order valence-corrected chi connectivity index (χ3v) is 7.26. The van der Waals surface area contributed by atoms with Crippen LogP contribution in [0.3, 0.4) is 0 Å². The zero-order chi connectivity index (χ0) is 27.4. The van der Waals surface area contributed by atoms with Crippen molar-refractivity contribution in [3.05, 3.63) is 43.0 Å². The fraction of sp³-hybridized carbons (Fsp3) is 0.435. The molecule has 202 valence electrons. The maximum atomic E-state index is 13.7. The number of nitrogens with one attached hydrogen (secondary N) is 1. The van der Waals surface area contributed by atoms with Crippen LogP contribution in [0.5, 0.6) is 5.75 Å². The minimum absolute atomic E-state index is 0.149. The summed E-state index contributed by atoms with van der Waals surface area (Å²) in [6, 6.07) is 9.21. The first-order chi connectivity index (χ1) is 18.1. The molecule has 0 radical (unpaired) electrons. The first-order valence-electron chi connectivity index (χ1n) is 11.8. The number of aliphatic hydroxyl groups is 1. The zero-order valence-electron chi connectivity index (χ0n) is 20.9. The van der Waals surface area contributed by atoms with Crippen LogP contribution in [0, 0.1) is 17.2 Å². The van der Waals surface area contributed by atoms with Crippen LogP contribution in [-0.4, -0.2) is 61.6 Å². The van der Waals surface area contributed by atoms with Crippen molar-refractivity contribution >= 4 is 30.7 Å². The van der Waals surface area contributed by atoms with E-state index in [0.717, 1.165) is 0 Å². The van der Waals surface area contributed by atoms with Crippen molar-refractivity contribution in [2.75, 3.05) is 12.3 Å². The Morgan fingerprint density at radius 1 is 1.29 bits per heavy atom. The summed E-state index contributed by atoms with van der Waals surface area (Å²) < 4.78 is 37.5. The van der Waals surface area contributed by atoms with Crippen LogP contribution in [0.1, 0.15) is 27.0 Å². The highest BCUT2D eigenvalue weighted by Crippen LogP contribution is 2.46. The highest BCUT2D eigenvalue weighted by atomic mass is 31.2. The third kappa shape index (κ3) is 5.93. The molecule has 3 aromatic rings. The van der Waals surface area contributed by atoms with E-state index in [4.69, 9.17) is 24.3 Å². The lowest BCUT2D eigenvalue weighted by Crippen LogP contribution is -2.37. The molecular weight excluding hydrogens is 517 g/mol. The molecule has 38 heavy (non-hydrogen) atoms. The van der Waals surface area contributed by atoms with E-state index in [9.17, 15) is 19.7 Å². The normalized spacial score (nSPS) is 23.6. The molecule has 4 rings (SSSR count). The van der Waals surface area contributed by atoms with Gasteiger partial charge in [0.25, 0.3) is 0 Å². The molecule has 0 amide bonds. The number of aromatic nitrogens is 4. The molecule has 1 aliphatic rings. The van der Waals surface area contributed by atoms with Crippen LogP contribution in [-0.2, 0) is 23.4 Å². The highest BCUT2D eigenvalue weighted by molar-refractivity contribution is 7.52. The molecule has 1 saturated heterocycles. The van der Waals surface area contributed by atoms with Crippen LogP contribution in [0.2, 0.25) is 0 Å². The number of anilines is 1. The standard InChI is InChI=1S/C23H28N7O7P/c1-13(2)35-23(32)14(3)29-38(33,37-15-7-5-4-6-8-15)34-10-17-19(31)16(9-24)22(36-17)30-12-28-18-20(25)26-11-27-21(18)30/h4-8,11-14,16-17,19,22,31H,10H2,1-3H3,(H,29,33)(H2,25,26,27)/t14-,16+,17+,19-,22+,38-/m0/s1. The van der Waals surface area contributed by atoms with Crippen molar-refractivity contribution in [3.8, 4) is 11.8 Å². The largest absolute Gasteiger partial charge is 0.462 e. The number of ether oxygens (including phenoxy) is 2. The summed E-state index contributed by atoms with van der Waals surface area (Å²) in [5.41, 5.74) is 6.48. The van der Waals surface area contributed by atoms with Gasteiger partial charge in [-0.05, 0) is 32.9 Å². The van der Waals surface area contributed by atoms with Crippen molar-refractivity contribution in [2.45, 2.75) is 51.4 Å². The number of nitrogen functional groups attached to an aromatic ring is 1. The second kappa shape index (κ2) is 11.4. The second-order valence-electron chi connectivity index (χ2n) is 8.83. The number of hydrogen-bond acceptors (Lipinski definition) is 12. The number of carbonyl (C=O) groups is 1. The van der Waals surface area contributed by atoms with Crippen LogP contribution in [0.4, 0.5) is 5.82 Å². The number of carbonyl (C=O) groups excluding carboxylic acids is 1. The maximum absolute atomic E-state index is 13.7. The first kappa shape index (κ1) is 27.4. The number of esters is 1. The summed E-state index contributed by atoms with van der Waals surface area (Å²) in [5.74, 6) is -1.33. The topological polar surface area (TPSA) is 197 Å². The van der Waals surface area contributed by atoms with Gasteiger partial charge in [0.15, 0.2) is 17.7 Å². The molecule has 0 unspecified atom stereocenters. The Balaban J connectivity index is 1.53. The van der Waals surface area contributed by atoms with Gasteiger partial charge in [0.2, 0.25) is 0 Å². The van der Waals surface area contributed by atoms with E-state index < -0.39 is 50.7 Å². The lowest BCUT2D eigenvalue weighted by molar-refractivity contribution is -0.149. The third-order valence-electron chi connectivity index (χ3n) is 5.62. The lowest BCUT2D eigenvalue weighted by Gasteiger charge is -2.25. The summed E-state index contributed by atoms with van der Waals surface area (Å²) in [5, 5.41) is 23.2. The van der Waals surface area contributed by atoms with Gasteiger partial charge in [0.05, 0.1) is 25.1 Å². The van der Waals surface area contributed by atoms with E-state index in [0.29, 0.717) is 11.2 Å². The molecule has 0 aliphatic carbocycles. The number of hydrogen-bond donors (Lipinski definition) is 3. The van der Waals surface area contributed by atoms with Gasteiger partial charge < -0.3 is 24.8 Å². The Kier molecular flexibility index (Phi) is 8.25. The highest BCUT2D eigenvalue weighted by Gasteiger charge is 2.47. The van der Waals surface area contributed by atoms with Gasteiger partial charge in [0, 0.05) is 0 Å². The van der Waals surface area contributed by atoms with Crippen molar-refractivity contribution in [3.63, 3.8) is 0 Å². The minimum Gasteiger partial charge on any atom is -0.462 e. The maximum Gasteiger partial charge on any atom is 0.459 e. The lowest BCUT2D eigenvalue weighted by atomic mass is 10.0. The predicted octanol–water partition coefficient (Wildman–Crippen LogP) is 1.94. The summed E-state index contributed by atoms with van der Waals surface area (Å²) >= 11 is 0. The second-order valence-corrected chi connectivity index (χ2v) is 10.5. The molecule has 0 saturated carbocycles. The van der Waals surface area contributed by atoms with E-state index >= 15 is 0 Å². The number of aliphatic hydroxyl groups excluding tert-OH is 1. The number of rotatable bonds is 10. The molecule has 0 bridgehead atoms. The van der Waals surface area contributed by atoms with Crippen molar-refractivity contribution < 1.29 is 33.0 Å². The molecule has 15 heteroatoms. The van der Waals surface area contributed by atoms with Gasteiger partial charge in [0.1, 0.15) is 41.8 Å². The zero-order valence-corrected chi connectivity index (χ0v) is 21.8. The summed E-state index contributed by atoms with van der Waals surface area (Å²) in [7, 11) is -4.21. The van der Waals surface area contributed by atoms with Gasteiger partial charge >= 0.3 is 13.7 Å². The van der Waals surface area contributed by atoms with E-state index in [1.165, 1.54) is 24.1 Å². The average Bonchev–Trinajstić information content (AvgIpc) is 3.44. The quantitative estimate of drug-likeness (QED) is 0.247. The van der Waals surface area contributed by atoms with Gasteiger partial charge in [-0.1, -0.05) is 18.2 Å². The van der Waals surface area contributed by atoms with E-state index in [-0.39, 0.29) is 17.7 Å². The number of nitriles is 1. The van der Waals surface area contributed by atoms with Crippen molar-refractivity contribution in [1.29, 1.82) is 5.26 Å². The van der Waals surface area contributed by atoms with Gasteiger partial charge in [-0.3, -0.25) is 13.9 Å². The number of imidazole rings is 1. The van der Waals surface area contributed by atoms with Crippen LogP contribution in [0.15, 0.2) is 43.0 Å². The molecule has 2 aromatic heterocycles. The number of benzene rings is 1. The summed E-state index contributed by atoms with van der Waals surface area (Å²) in [6.45, 7) is 4.38. The Morgan fingerprint density at radius 3 is 2.71 bits per heavy atom. The number of para-hydroxylation sites is 1. The van der Waals surface area contributed by atoms with Crippen LogP contribution in [0.25, 0.3) is 11.2 Å². The van der Waals surface area contributed by atoms with E-state index in [2.05, 4.69) is 20.0 Å². The first-order valence-corrected chi connectivity index (χ1v) is 13.3. The Hall–Kier alpha value is -3.60. The summed E-state index contributed by atoms with van der Waals surface area (Å²) in [4.78, 5) is 24.6. The molecule has 1 aromatic carbocycles. The monoisotopic (exact) mass is 545 g/mol. The molecule has 1 aliphatic heterocycles. The fourth-order valence-corrected chi connectivity index (χ4v) is 5.33. The van der Waals surface area contributed by atoms with Gasteiger partial charge in [-0.15, -0.1) is 0 Å². The van der Waals surface area contributed by atoms with Crippen molar-refractivity contribution in [2.24, 2.45) is 5.92 Å². The molecule has 0 spiro atoms. The number of nitrogens with two attached hydrogens (primary N) is 1. The summed E-state index contributed by atoms with van der Waals surface area (Å²) in [6.07, 6.45) is -1.16.